The van der Waals surface area contributed by atoms with E-state index in [0.717, 1.165) is 32.0 Å². The molecule has 0 radical (unpaired) electrons. The highest BCUT2D eigenvalue weighted by molar-refractivity contribution is 14.1. The fourth-order valence-corrected chi connectivity index (χ4v) is 2.34. The summed E-state index contributed by atoms with van der Waals surface area (Å²) in [6, 6.07) is 6.02. The quantitative estimate of drug-likeness (QED) is 0.843. The molecule has 2 aromatic rings. The fraction of sp³-hybridized carbons (Fsp3) is 0.286. The van der Waals surface area contributed by atoms with E-state index in [-0.39, 0.29) is 0 Å². The summed E-state index contributed by atoms with van der Waals surface area (Å²) < 4.78 is 6.46. The molecule has 0 saturated carbocycles. The van der Waals surface area contributed by atoms with Crippen molar-refractivity contribution in [3.63, 3.8) is 0 Å². The van der Waals surface area contributed by atoms with Crippen LogP contribution in [-0.4, -0.2) is 24.1 Å². The van der Waals surface area contributed by atoms with Gasteiger partial charge in [0.1, 0.15) is 11.6 Å². The smallest absolute Gasteiger partial charge is 0.165 e. The Hall–Kier alpha value is -1.37. The molecule has 5 heteroatoms. The number of aromatic nitrogens is 2. The van der Waals surface area contributed by atoms with Gasteiger partial charge in [-0.15, -0.1) is 0 Å². The highest BCUT2D eigenvalue weighted by Crippen LogP contribution is 2.30. The van der Waals surface area contributed by atoms with Gasteiger partial charge in [0.05, 0.1) is 21.9 Å². The number of nitrogens with zero attached hydrogens (tertiary/aromatic N) is 2. The third-order valence-corrected chi connectivity index (χ3v) is 4.14. The first-order chi connectivity index (χ1) is 9.06. The minimum Gasteiger partial charge on any atom is -0.496 e. The van der Waals surface area contributed by atoms with Crippen LogP contribution in [0.5, 0.6) is 5.75 Å². The largest absolute Gasteiger partial charge is 0.496 e. The number of methoxy groups -OCH3 is 1. The van der Waals surface area contributed by atoms with E-state index in [1.54, 1.807) is 7.11 Å². The van der Waals surface area contributed by atoms with Crippen LogP contribution < -0.4 is 10.1 Å². The van der Waals surface area contributed by atoms with E-state index in [2.05, 4.69) is 37.9 Å². The zero-order valence-corrected chi connectivity index (χ0v) is 13.6. The summed E-state index contributed by atoms with van der Waals surface area (Å²) in [4.78, 5) is 9.10. The maximum atomic E-state index is 5.42. The lowest BCUT2D eigenvalue weighted by Gasteiger charge is -2.12. The lowest BCUT2D eigenvalue weighted by atomic mass is 10.1. The molecule has 0 fully saturated rings. The first kappa shape index (κ1) is 14.0. The van der Waals surface area contributed by atoms with E-state index in [4.69, 9.17) is 4.74 Å². The standard InChI is InChI=1S/C14H16IN3O/c1-8-5-6-10(11(7-8)19-4)13-17-9(2)12(15)14(16-3)18-13/h5-7H,1-4H3,(H,16,17,18). The molecule has 0 aliphatic carbocycles. The van der Waals surface area contributed by atoms with Gasteiger partial charge in [-0.1, -0.05) is 6.07 Å². The summed E-state index contributed by atoms with van der Waals surface area (Å²) in [5.41, 5.74) is 3.01. The SMILES string of the molecule is CNc1nc(-c2ccc(C)cc2OC)nc(C)c1I. The number of ether oxygens (including phenoxy) is 1. The molecule has 100 valence electrons. The minimum absolute atomic E-state index is 0.680. The first-order valence-electron chi connectivity index (χ1n) is 5.93. The average Bonchev–Trinajstić information content (AvgIpc) is 2.41. The molecule has 0 bridgehead atoms. The van der Waals surface area contributed by atoms with Crippen LogP contribution in [0.15, 0.2) is 18.2 Å². The van der Waals surface area contributed by atoms with Gasteiger partial charge >= 0.3 is 0 Å². The first-order valence-corrected chi connectivity index (χ1v) is 7.01. The van der Waals surface area contributed by atoms with Crippen molar-refractivity contribution in [1.82, 2.24) is 9.97 Å². The average molecular weight is 369 g/mol. The number of aryl methyl sites for hydroxylation is 2. The highest BCUT2D eigenvalue weighted by atomic mass is 127. The molecule has 0 saturated heterocycles. The Kier molecular flexibility index (Phi) is 4.24. The molecule has 1 aromatic heterocycles. The number of rotatable bonds is 3. The molecule has 0 spiro atoms. The molecule has 1 heterocycles. The summed E-state index contributed by atoms with van der Waals surface area (Å²) in [6.07, 6.45) is 0. The van der Waals surface area contributed by atoms with E-state index in [0.29, 0.717) is 5.82 Å². The van der Waals surface area contributed by atoms with Gasteiger partial charge in [-0.3, -0.25) is 0 Å². The van der Waals surface area contributed by atoms with E-state index in [9.17, 15) is 0 Å². The zero-order valence-electron chi connectivity index (χ0n) is 11.4. The van der Waals surface area contributed by atoms with Gasteiger partial charge in [-0.05, 0) is 54.1 Å². The molecule has 2 rings (SSSR count). The molecule has 4 nitrogen and oxygen atoms in total. The van der Waals surface area contributed by atoms with Crippen LogP contribution in [-0.2, 0) is 0 Å². The number of hydrogen-bond donors (Lipinski definition) is 1. The van der Waals surface area contributed by atoms with Crippen molar-refractivity contribution < 1.29 is 4.74 Å². The van der Waals surface area contributed by atoms with Crippen molar-refractivity contribution in [2.45, 2.75) is 13.8 Å². The van der Waals surface area contributed by atoms with Gasteiger partial charge < -0.3 is 10.1 Å². The van der Waals surface area contributed by atoms with Crippen LogP contribution in [0.3, 0.4) is 0 Å². The summed E-state index contributed by atoms with van der Waals surface area (Å²) in [6.45, 7) is 4.01. The molecular weight excluding hydrogens is 353 g/mol. The molecule has 0 aliphatic heterocycles. The fourth-order valence-electron chi connectivity index (χ4n) is 1.83. The van der Waals surface area contributed by atoms with Crippen molar-refractivity contribution in [2.75, 3.05) is 19.5 Å². The molecule has 0 aliphatic rings. The summed E-state index contributed by atoms with van der Waals surface area (Å²) in [5, 5.41) is 3.10. The Morgan fingerprint density at radius 1 is 1.21 bits per heavy atom. The molecule has 0 unspecified atom stereocenters. The molecule has 0 amide bonds. The molecule has 1 N–H and O–H groups in total. The number of anilines is 1. The van der Waals surface area contributed by atoms with Gasteiger partial charge in [0.15, 0.2) is 5.82 Å². The maximum absolute atomic E-state index is 5.42. The zero-order chi connectivity index (χ0) is 14.0. The Bertz CT molecular complexity index is 614. The van der Waals surface area contributed by atoms with Crippen molar-refractivity contribution in [1.29, 1.82) is 0 Å². The highest BCUT2D eigenvalue weighted by Gasteiger charge is 2.13. The maximum Gasteiger partial charge on any atom is 0.165 e. The van der Waals surface area contributed by atoms with Crippen LogP contribution in [0.4, 0.5) is 5.82 Å². The van der Waals surface area contributed by atoms with Crippen LogP contribution in [0, 0.1) is 17.4 Å². The predicted molar refractivity (Wildman–Crippen MR) is 85.8 cm³/mol. The van der Waals surface area contributed by atoms with Crippen LogP contribution >= 0.6 is 22.6 Å². The van der Waals surface area contributed by atoms with Crippen LogP contribution in [0.2, 0.25) is 0 Å². The summed E-state index contributed by atoms with van der Waals surface area (Å²) in [7, 11) is 3.52. The van der Waals surface area contributed by atoms with Crippen LogP contribution in [0.25, 0.3) is 11.4 Å². The lowest BCUT2D eigenvalue weighted by molar-refractivity contribution is 0.416. The topological polar surface area (TPSA) is 47.0 Å². The second-order valence-corrected chi connectivity index (χ2v) is 5.33. The molecule has 19 heavy (non-hydrogen) atoms. The van der Waals surface area contributed by atoms with E-state index in [1.165, 1.54) is 0 Å². The predicted octanol–water partition coefficient (Wildman–Crippen LogP) is 3.42. The number of hydrogen-bond acceptors (Lipinski definition) is 4. The van der Waals surface area contributed by atoms with E-state index >= 15 is 0 Å². The Balaban J connectivity index is 2.62. The van der Waals surface area contributed by atoms with Crippen molar-refractivity contribution in [3.8, 4) is 17.1 Å². The number of benzene rings is 1. The monoisotopic (exact) mass is 369 g/mol. The van der Waals surface area contributed by atoms with E-state index in [1.807, 2.05) is 39.1 Å². The lowest BCUT2D eigenvalue weighted by Crippen LogP contribution is -2.03. The van der Waals surface area contributed by atoms with Crippen LogP contribution in [0.1, 0.15) is 11.3 Å². The van der Waals surface area contributed by atoms with Gasteiger partial charge in [-0.25, -0.2) is 9.97 Å². The Labute approximate surface area is 126 Å². The summed E-state index contributed by atoms with van der Waals surface area (Å²) >= 11 is 2.25. The van der Waals surface area contributed by atoms with Crippen molar-refractivity contribution in [2.24, 2.45) is 0 Å². The normalized spacial score (nSPS) is 10.4. The molecule has 0 atom stereocenters. The van der Waals surface area contributed by atoms with E-state index < -0.39 is 0 Å². The minimum atomic E-state index is 0.680. The van der Waals surface area contributed by atoms with Crippen molar-refractivity contribution >= 4 is 28.4 Å². The Morgan fingerprint density at radius 3 is 2.58 bits per heavy atom. The molecular formula is C14H16IN3O. The second-order valence-electron chi connectivity index (χ2n) is 4.25. The van der Waals surface area contributed by atoms with Gasteiger partial charge in [-0.2, -0.15) is 0 Å². The van der Waals surface area contributed by atoms with Gasteiger partial charge in [0.2, 0.25) is 0 Å². The Morgan fingerprint density at radius 2 is 1.95 bits per heavy atom. The summed E-state index contributed by atoms with van der Waals surface area (Å²) in [5.74, 6) is 2.31. The van der Waals surface area contributed by atoms with Gasteiger partial charge in [0, 0.05) is 7.05 Å². The number of nitrogens with one attached hydrogen (secondary N) is 1. The number of halogens is 1. The van der Waals surface area contributed by atoms with Crippen molar-refractivity contribution in [3.05, 3.63) is 33.0 Å². The van der Waals surface area contributed by atoms with Gasteiger partial charge in [0.25, 0.3) is 0 Å². The third-order valence-electron chi connectivity index (χ3n) is 2.85. The third kappa shape index (κ3) is 2.80. The second kappa shape index (κ2) is 5.73. The molecule has 1 aromatic carbocycles.